The largest absolute Gasteiger partial charge is 0.452 e. The maximum atomic E-state index is 12.3. The summed E-state index contributed by atoms with van der Waals surface area (Å²) in [4.78, 5) is 49.1. The summed E-state index contributed by atoms with van der Waals surface area (Å²) in [5.74, 6) is -2.03. The molecule has 2 rings (SSSR count). The number of para-hydroxylation sites is 1. The van der Waals surface area contributed by atoms with Crippen molar-refractivity contribution < 1.29 is 23.9 Å². The maximum absolute atomic E-state index is 12.3. The first-order valence-electron chi connectivity index (χ1n) is 8.48. The normalized spacial score (nSPS) is 9.93. The SMILES string of the molecule is CN(C)C(=O)CNC(=O)COC(=O)c1ccccc1NC(=O)c1ccccc1. The molecule has 0 aliphatic heterocycles. The molecule has 0 heterocycles. The van der Waals surface area contributed by atoms with E-state index in [0.717, 1.165) is 0 Å². The Morgan fingerprint density at radius 1 is 0.929 bits per heavy atom. The molecule has 0 unspecified atom stereocenters. The Balaban J connectivity index is 1.96. The third-order valence-electron chi connectivity index (χ3n) is 3.70. The zero-order valence-corrected chi connectivity index (χ0v) is 15.6. The average molecular weight is 383 g/mol. The predicted octanol–water partition coefficient (Wildman–Crippen LogP) is 1.30. The number of carbonyl (C=O) groups is 4. The second kappa shape index (κ2) is 9.86. The first kappa shape index (κ1) is 20.6. The molecule has 3 amide bonds. The van der Waals surface area contributed by atoms with E-state index in [0.29, 0.717) is 5.56 Å². The van der Waals surface area contributed by atoms with Gasteiger partial charge in [-0.2, -0.15) is 0 Å². The third-order valence-corrected chi connectivity index (χ3v) is 3.70. The molecule has 0 spiro atoms. The summed E-state index contributed by atoms with van der Waals surface area (Å²) in [5, 5.41) is 5.02. The molecule has 0 fully saturated rings. The van der Waals surface area contributed by atoms with Crippen LogP contribution in [-0.2, 0) is 14.3 Å². The molecule has 2 aromatic carbocycles. The van der Waals surface area contributed by atoms with E-state index in [1.54, 1.807) is 62.6 Å². The number of hydrogen-bond acceptors (Lipinski definition) is 5. The Labute approximate surface area is 162 Å². The number of amides is 3. The lowest BCUT2D eigenvalue weighted by atomic mass is 10.1. The van der Waals surface area contributed by atoms with Crippen LogP contribution < -0.4 is 10.6 Å². The highest BCUT2D eigenvalue weighted by molar-refractivity contribution is 6.08. The highest BCUT2D eigenvalue weighted by Crippen LogP contribution is 2.17. The van der Waals surface area contributed by atoms with Crippen molar-refractivity contribution in [3.05, 3.63) is 65.7 Å². The van der Waals surface area contributed by atoms with Gasteiger partial charge < -0.3 is 20.3 Å². The van der Waals surface area contributed by atoms with E-state index in [4.69, 9.17) is 4.74 Å². The first-order valence-corrected chi connectivity index (χ1v) is 8.48. The Bertz CT molecular complexity index is 865. The van der Waals surface area contributed by atoms with Crippen molar-refractivity contribution >= 4 is 29.4 Å². The van der Waals surface area contributed by atoms with E-state index < -0.39 is 18.5 Å². The van der Waals surface area contributed by atoms with E-state index in [2.05, 4.69) is 10.6 Å². The van der Waals surface area contributed by atoms with Crippen molar-refractivity contribution in [3.8, 4) is 0 Å². The lowest BCUT2D eigenvalue weighted by Crippen LogP contribution is -2.38. The van der Waals surface area contributed by atoms with Gasteiger partial charge in [0.25, 0.3) is 11.8 Å². The van der Waals surface area contributed by atoms with Crippen LogP contribution >= 0.6 is 0 Å². The monoisotopic (exact) mass is 383 g/mol. The van der Waals surface area contributed by atoms with E-state index in [9.17, 15) is 19.2 Å². The molecular weight excluding hydrogens is 362 g/mol. The highest BCUT2D eigenvalue weighted by atomic mass is 16.5. The van der Waals surface area contributed by atoms with Crippen molar-refractivity contribution in [2.24, 2.45) is 0 Å². The van der Waals surface area contributed by atoms with Gasteiger partial charge in [0.2, 0.25) is 5.91 Å². The fourth-order valence-corrected chi connectivity index (χ4v) is 2.15. The molecule has 0 radical (unpaired) electrons. The fourth-order valence-electron chi connectivity index (χ4n) is 2.15. The minimum absolute atomic E-state index is 0.115. The Morgan fingerprint density at radius 2 is 1.57 bits per heavy atom. The minimum Gasteiger partial charge on any atom is -0.452 e. The number of hydrogen-bond donors (Lipinski definition) is 2. The number of likely N-dealkylation sites (N-methyl/N-ethyl adjacent to an activating group) is 1. The summed E-state index contributed by atoms with van der Waals surface area (Å²) in [7, 11) is 3.13. The molecule has 0 saturated heterocycles. The smallest absolute Gasteiger partial charge is 0.340 e. The molecule has 8 nitrogen and oxygen atoms in total. The molecule has 0 aliphatic rings. The number of benzene rings is 2. The molecule has 28 heavy (non-hydrogen) atoms. The van der Waals surface area contributed by atoms with Crippen LogP contribution in [0.4, 0.5) is 5.69 Å². The van der Waals surface area contributed by atoms with Crippen LogP contribution in [0.25, 0.3) is 0 Å². The summed E-state index contributed by atoms with van der Waals surface area (Å²) < 4.78 is 4.98. The van der Waals surface area contributed by atoms with E-state index in [-0.39, 0.29) is 29.6 Å². The first-order chi connectivity index (χ1) is 13.4. The zero-order chi connectivity index (χ0) is 20.5. The number of anilines is 1. The van der Waals surface area contributed by atoms with Crippen molar-refractivity contribution in [1.29, 1.82) is 0 Å². The molecule has 146 valence electrons. The van der Waals surface area contributed by atoms with Gasteiger partial charge in [-0.25, -0.2) is 4.79 Å². The van der Waals surface area contributed by atoms with Crippen LogP contribution in [0.15, 0.2) is 54.6 Å². The highest BCUT2D eigenvalue weighted by Gasteiger charge is 2.17. The van der Waals surface area contributed by atoms with Crippen molar-refractivity contribution in [2.45, 2.75) is 0 Å². The van der Waals surface area contributed by atoms with Crippen LogP contribution in [0.3, 0.4) is 0 Å². The Kier molecular flexibility index (Phi) is 7.27. The summed E-state index contributed by atoms with van der Waals surface area (Å²) in [5.41, 5.74) is 0.823. The number of ether oxygens (including phenoxy) is 1. The lowest BCUT2D eigenvalue weighted by Gasteiger charge is -2.12. The van der Waals surface area contributed by atoms with Gasteiger partial charge >= 0.3 is 5.97 Å². The summed E-state index contributed by atoms with van der Waals surface area (Å²) in [6, 6.07) is 14.9. The molecule has 2 aromatic rings. The number of rotatable bonds is 7. The summed E-state index contributed by atoms with van der Waals surface area (Å²) in [6.45, 7) is -0.729. The lowest BCUT2D eigenvalue weighted by molar-refractivity contribution is -0.131. The second-order valence-corrected chi connectivity index (χ2v) is 6.01. The maximum Gasteiger partial charge on any atom is 0.340 e. The third kappa shape index (κ3) is 5.94. The average Bonchev–Trinajstić information content (AvgIpc) is 2.71. The molecule has 0 aliphatic carbocycles. The number of carbonyl (C=O) groups excluding carboxylic acids is 4. The van der Waals surface area contributed by atoms with Crippen LogP contribution in [0.2, 0.25) is 0 Å². The molecule has 0 aromatic heterocycles. The van der Waals surface area contributed by atoms with E-state index in [1.165, 1.54) is 11.0 Å². The van der Waals surface area contributed by atoms with Crippen molar-refractivity contribution in [1.82, 2.24) is 10.2 Å². The molecule has 0 bridgehead atoms. The van der Waals surface area contributed by atoms with Crippen LogP contribution in [-0.4, -0.2) is 55.8 Å². The van der Waals surface area contributed by atoms with Gasteiger partial charge in [-0.15, -0.1) is 0 Å². The number of esters is 1. The standard InChI is InChI=1S/C20H21N3O5/c1-23(2)18(25)12-21-17(24)13-28-20(27)15-10-6-7-11-16(15)22-19(26)14-8-4-3-5-9-14/h3-11H,12-13H2,1-2H3,(H,21,24)(H,22,26). The minimum atomic E-state index is -0.766. The van der Waals surface area contributed by atoms with Crippen LogP contribution in [0, 0.1) is 0 Å². The Morgan fingerprint density at radius 3 is 2.25 bits per heavy atom. The molecule has 8 heteroatoms. The van der Waals surface area contributed by atoms with Crippen molar-refractivity contribution in [2.75, 3.05) is 32.6 Å². The van der Waals surface area contributed by atoms with Crippen LogP contribution in [0.5, 0.6) is 0 Å². The number of nitrogens with one attached hydrogen (secondary N) is 2. The second-order valence-electron chi connectivity index (χ2n) is 6.01. The number of nitrogens with zero attached hydrogens (tertiary/aromatic N) is 1. The van der Waals surface area contributed by atoms with Gasteiger partial charge in [0.05, 0.1) is 17.8 Å². The van der Waals surface area contributed by atoms with Gasteiger partial charge in [0, 0.05) is 19.7 Å². The van der Waals surface area contributed by atoms with Gasteiger partial charge in [-0.05, 0) is 24.3 Å². The van der Waals surface area contributed by atoms with Gasteiger partial charge in [0.15, 0.2) is 6.61 Å². The molecule has 2 N–H and O–H groups in total. The predicted molar refractivity (Wildman–Crippen MR) is 103 cm³/mol. The van der Waals surface area contributed by atoms with E-state index in [1.807, 2.05) is 0 Å². The summed E-state index contributed by atoms with van der Waals surface area (Å²) >= 11 is 0. The molecule has 0 atom stereocenters. The van der Waals surface area contributed by atoms with Gasteiger partial charge in [-0.3, -0.25) is 14.4 Å². The van der Waals surface area contributed by atoms with Gasteiger partial charge in [0.1, 0.15) is 0 Å². The van der Waals surface area contributed by atoms with Crippen molar-refractivity contribution in [3.63, 3.8) is 0 Å². The quantitative estimate of drug-likeness (QED) is 0.701. The van der Waals surface area contributed by atoms with E-state index >= 15 is 0 Å². The summed E-state index contributed by atoms with van der Waals surface area (Å²) in [6.07, 6.45) is 0. The fraction of sp³-hybridized carbons (Fsp3) is 0.200. The topological polar surface area (TPSA) is 105 Å². The van der Waals surface area contributed by atoms with Gasteiger partial charge in [-0.1, -0.05) is 30.3 Å². The van der Waals surface area contributed by atoms with Crippen LogP contribution in [0.1, 0.15) is 20.7 Å². The molecule has 0 saturated carbocycles. The zero-order valence-electron chi connectivity index (χ0n) is 15.6. The Hall–Kier alpha value is -3.68. The molecular formula is C20H21N3O5.